The van der Waals surface area contributed by atoms with Crippen molar-refractivity contribution in [2.24, 2.45) is 0 Å². The third-order valence-electron chi connectivity index (χ3n) is 4.11. The smallest absolute Gasteiger partial charge is 0.410 e. The number of β-amino-alcohol motifs (C(OH)–C–C–N with tert-alkyl or cyclic N) is 1. The van der Waals surface area contributed by atoms with Crippen LogP contribution in [-0.4, -0.2) is 48.0 Å². The highest BCUT2D eigenvalue weighted by Gasteiger charge is 2.33. The molecule has 1 aliphatic heterocycles. The summed E-state index contributed by atoms with van der Waals surface area (Å²) in [4.78, 5) is 13.7. The van der Waals surface area contributed by atoms with Gasteiger partial charge in [0.05, 0.1) is 19.8 Å². The lowest BCUT2D eigenvalue weighted by molar-refractivity contribution is -0.00156. The van der Waals surface area contributed by atoms with Crippen LogP contribution < -0.4 is 4.74 Å². The molecule has 128 valence electrons. The van der Waals surface area contributed by atoms with Crippen LogP contribution in [0.2, 0.25) is 0 Å². The van der Waals surface area contributed by atoms with Crippen LogP contribution >= 0.6 is 0 Å². The van der Waals surface area contributed by atoms with Crippen LogP contribution in [0.5, 0.6) is 5.75 Å². The van der Waals surface area contributed by atoms with E-state index in [1.54, 1.807) is 12.0 Å². The first-order valence-electron chi connectivity index (χ1n) is 8.02. The summed E-state index contributed by atoms with van der Waals surface area (Å²) in [5, 5.41) is 10.5. The predicted molar refractivity (Wildman–Crippen MR) is 88.9 cm³/mol. The van der Waals surface area contributed by atoms with Gasteiger partial charge < -0.3 is 19.5 Å². The van der Waals surface area contributed by atoms with E-state index in [2.05, 4.69) is 0 Å². The van der Waals surface area contributed by atoms with Gasteiger partial charge in [0.1, 0.15) is 11.4 Å². The van der Waals surface area contributed by atoms with Crippen molar-refractivity contribution in [3.05, 3.63) is 29.3 Å². The van der Waals surface area contributed by atoms with Crippen molar-refractivity contribution < 1.29 is 19.4 Å². The largest absolute Gasteiger partial charge is 0.497 e. The van der Waals surface area contributed by atoms with Crippen LogP contribution in [0.25, 0.3) is 0 Å². The van der Waals surface area contributed by atoms with Crippen molar-refractivity contribution in [1.29, 1.82) is 0 Å². The molecule has 5 heteroatoms. The van der Waals surface area contributed by atoms with Gasteiger partial charge in [-0.3, -0.25) is 0 Å². The van der Waals surface area contributed by atoms with Crippen molar-refractivity contribution >= 4 is 6.09 Å². The van der Waals surface area contributed by atoms with Gasteiger partial charge in [-0.25, -0.2) is 4.79 Å². The first-order chi connectivity index (χ1) is 10.7. The molecule has 0 aromatic heterocycles. The highest BCUT2D eigenvalue weighted by atomic mass is 16.6. The zero-order valence-corrected chi connectivity index (χ0v) is 14.6. The van der Waals surface area contributed by atoms with Gasteiger partial charge in [-0.15, -0.1) is 0 Å². The number of aryl methyl sites for hydroxylation is 1. The maximum Gasteiger partial charge on any atom is 0.410 e. The van der Waals surface area contributed by atoms with Gasteiger partial charge in [0.2, 0.25) is 0 Å². The van der Waals surface area contributed by atoms with Crippen LogP contribution in [0.3, 0.4) is 0 Å². The summed E-state index contributed by atoms with van der Waals surface area (Å²) in [6.07, 6.45) is -0.238. The lowest BCUT2D eigenvalue weighted by atomic mass is 9.85. The molecule has 1 aliphatic rings. The first-order valence-corrected chi connectivity index (χ1v) is 8.02. The topological polar surface area (TPSA) is 59.0 Å². The molecule has 0 bridgehead atoms. The molecule has 1 heterocycles. The summed E-state index contributed by atoms with van der Waals surface area (Å²) in [5.74, 6) is 0.839. The summed E-state index contributed by atoms with van der Waals surface area (Å²) in [5.41, 5.74) is 1.69. The number of carbonyl (C=O) groups is 1. The predicted octanol–water partition coefficient (Wildman–Crippen LogP) is 3.09. The summed E-state index contributed by atoms with van der Waals surface area (Å²) in [6.45, 7) is 8.43. The van der Waals surface area contributed by atoms with E-state index >= 15 is 0 Å². The average Bonchev–Trinajstić information content (AvgIpc) is 2.45. The fraction of sp³-hybridized carbons (Fsp3) is 0.611. The summed E-state index contributed by atoms with van der Waals surface area (Å²) >= 11 is 0. The van der Waals surface area contributed by atoms with E-state index in [4.69, 9.17) is 9.47 Å². The molecule has 2 atom stereocenters. The molecule has 0 saturated carbocycles. The lowest BCUT2D eigenvalue weighted by Crippen LogP contribution is -2.47. The van der Waals surface area contributed by atoms with Crippen molar-refractivity contribution in [3.8, 4) is 5.75 Å². The number of hydrogen-bond acceptors (Lipinski definition) is 4. The molecule has 5 nitrogen and oxygen atoms in total. The lowest BCUT2D eigenvalue weighted by Gasteiger charge is -2.37. The molecule has 1 aromatic rings. The normalized spacial score (nSPS) is 21.9. The number of aliphatic hydroxyl groups excluding tert-OH is 1. The minimum Gasteiger partial charge on any atom is -0.497 e. The number of methoxy groups -OCH3 is 1. The SMILES string of the molecule is COc1ccc(C2CCN(C(=O)OC(C)(C)C)CC2O)c(C)c1. The molecule has 1 fully saturated rings. The average molecular weight is 321 g/mol. The highest BCUT2D eigenvalue weighted by molar-refractivity contribution is 5.68. The number of aliphatic hydroxyl groups is 1. The molecule has 23 heavy (non-hydrogen) atoms. The van der Waals surface area contributed by atoms with Crippen LogP contribution in [0, 0.1) is 6.92 Å². The van der Waals surface area contributed by atoms with E-state index in [0.717, 1.165) is 16.9 Å². The number of benzene rings is 1. The summed E-state index contributed by atoms with van der Waals surface area (Å²) < 4.78 is 10.6. The fourth-order valence-electron chi connectivity index (χ4n) is 2.98. The van der Waals surface area contributed by atoms with Gasteiger partial charge in [-0.1, -0.05) is 6.07 Å². The Morgan fingerprint density at radius 1 is 1.35 bits per heavy atom. The third kappa shape index (κ3) is 4.38. The molecule has 0 spiro atoms. The molecule has 1 saturated heterocycles. The molecule has 2 rings (SSSR count). The molecule has 2 unspecified atom stereocenters. The Balaban J connectivity index is 2.06. The number of piperidine rings is 1. The standard InChI is InChI=1S/C18H27NO4/c1-12-10-13(22-5)6-7-14(12)15-8-9-19(11-16(15)20)17(21)23-18(2,3)4/h6-7,10,15-16,20H,8-9,11H2,1-5H3. The molecule has 0 radical (unpaired) electrons. The number of nitrogens with zero attached hydrogens (tertiary/aromatic N) is 1. The van der Waals surface area contributed by atoms with Gasteiger partial charge in [-0.2, -0.15) is 0 Å². The fourth-order valence-corrected chi connectivity index (χ4v) is 2.98. The van der Waals surface area contributed by atoms with E-state index in [-0.39, 0.29) is 12.0 Å². The number of carbonyl (C=O) groups excluding carboxylic acids is 1. The Kier molecular flexibility index (Phi) is 5.19. The van der Waals surface area contributed by atoms with Crippen LogP contribution in [0.1, 0.15) is 44.2 Å². The van der Waals surface area contributed by atoms with Crippen LogP contribution in [-0.2, 0) is 4.74 Å². The number of hydrogen-bond donors (Lipinski definition) is 1. The van der Waals surface area contributed by atoms with E-state index in [9.17, 15) is 9.90 Å². The van der Waals surface area contributed by atoms with E-state index in [0.29, 0.717) is 19.5 Å². The second-order valence-corrected chi connectivity index (χ2v) is 7.11. The van der Waals surface area contributed by atoms with Crippen molar-refractivity contribution in [2.75, 3.05) is 20.2 Å². The second kappa shape index (κ2) is 6.79. The molecular formula is C18H27NO4. The number of ether oxygens (including phenoxy) is 2. The Labute approximate surface area is 138 Å². The monoisotopic (exact) mass is 321 g/mol. The van der Waals surface area contributed by atoms with Gasteiger partial charge in [-0.05, 0) is 57.4 Å². The van der Waals surface area contributed by atoms with Crippen LogP contribution in [0.15, 0.2) is 18.2 Å². The molecule has 0 aliphatic carbocycles. The van der Waals surface area contributed by atoms with E-state index in [1.807, 2.05) is 45.9 Å². The maximum atomic E-state index is 12.1. The number of likely N-dealkylation sites (tertiary alicyclic amines) is 1. The zero-order chi connectivity index (χ0) is 17.2. The quantitative estimate of drug-likeness (QED) is 0.909. The second-order valence-electron chi connectivity index (χ2n) is 7.11. The van der Waals surface area contributed by atoms with Gasteiger partial charge in [0.25, 0.3) is 0 Å². The molecule has 1 aromatic carbocycles. The summed E-state index contributed by atoms with van der Waals surface area (Å²) in [6, 6.07) is 5.89. The minimum absolute atomic E-state index is 0.0274. The highest BCUT2D eigenvalue weighted by Crippen LogP contribution is 2.32. The van der Waals surface area contributed by atoms with E-state index in [1.165, 1.54) is 0 Å². The third-order valence-corrected chi connectivity index (χ3v) is 4.11. The number of rotatable bonds is 2. The summed E-state index contributed by atoms with van der Waals surface area (Å²) in [7, 11) is 1.64. The van der Waals surface area contributed by atoms with Gasteiger partial charge in [0.15, 0.2) is 0 Å². The maximum absolute atomic E-state index is 12.1. The first kappa shape index (κ1) is 17.6. The zero-order valence-electron chi connectivity index (χ0n) is 14.6. The Morgan fingerprint density at radius 3 is 2.57 bits per heavy atom. The van der Waals surface area contributed by atoms with Crippen molar-refractivity contribution in [3.63, 3.8) is 0 Å². The van der Waals surface area contributed by atoms with Crippen molar-refractivity contribution in [1.82, 2.24) is 4.90 Å². The van der Waals surface area contributed by atoms with E-state index < -0.39 is 11.7 Å². The Morgan fingerprint density at radius 2 is 2.04 bits per heavy atom. The minimum atomic E-state index is -0.594. The van der Waals surface area contributed by atoms with Crippen LogP contribution in [0.4, 0.5) is 4.79 Å². The molecule has 1 N–H and O–H groups in total. The number of amides is 1. The van der Waals surface area contributed by atoms with Crippen molar-refractivity contribution in [2.45, 2.75) is 51.7 Å². The van der Waals surface area contributed by atoms with Gasteiger partial charge in [0, 0.05) is 12.5 Å². The molecular weight excluding hydrogens is 294 g/mol. The Hall–Kier alpha value is -1.75. The Bertz CT molecular complexity index is 565. The molecule has 1 amide bonds. The van der Waals surface area contributed by atoms with Gasteiger partial charge >= 0.3 is 6.09 Å².